The normalized spacial score (nSPS) is 31.5. The highest BCUT2D eigenvalue weighted by Crippen LogP contribution is 2.46. The molecule has 8 heteroatoms. The minimum absolute atomic E-state index is 0.0205. The number of allylic oxidation sites excluding steroid dienone is 3. The maximum Gasteiger partial charge on any atom is 0.377 e. The van der Waals surface area contributed by atoms with Gasteiger partial charge in [0, 0.05) is 12.3 Å². The number of carbonyl (C=O) groups excluding carboxylic acids is 3. The number of cyclic esters (lactones) is 1. The quantitative estimate of drug-likeness (QED) is 0.412. The summed E-state index contributed by atoms with van der Waals surface area (Å²) < 4.78 is 12.7. The number of esters is 2. The molecule has 0 saturated carbocycles. The van der Waals surface area contributed by atoms with Crippen LogP contribution in [0.3, 0.4) is 0 Å². The molecule has 1 fully saturated rings. The summed E-state index contributed by atoms with van der Waals surface area (Å²) >= 11 is 1.52. The van der Waals surface area contributed by atoms with Gasteiger partial charge in [-0.05, 0) is 68.6 Å². The molecule has 0 amide bonds. The van der Waals surface area contributed by atoms with E-state index in [1.165, 1.54) is 16.9 Å². The molecule has 0 spiro atoms. The first-order valence-corrected chi connectivity index (χ1v) is 14.3. The molecule has 2 heterocycles. The fraction of sp³-hybridized carbons (Fsp3) is 0.533. The predicted octanol–water partition coefficient (Wildman–Crippen LogP) is 4.92. The molecule has 202 valence electrons. The van der Waals surface area contributed by atoms with Gasteiger partial charge in [-0.25, -0.2) is 9.78 Å². The summed E-state index contributed by atoms with van der Waals surface area (Å²) in [5, 5.41) is 10.7. The molecule has 0 unspecified atom stereocenters. The molecule has 1 aliphatic heterocycles. The van der Waals surface area contributed by atoms with Crippen LogP contribution in [0.15, 0.2) is 48.1 Å². The van der Waals surface area contributed by atoms with Gasteiger partial charge in [-0.15, -0.1) is 11.3 Å². The van der Waals surface area contributed by atoms with Crippen molar-refractivity contribution in [2.24, 2.45) is 23.7 Å². The number of aliphatic hydroxyl groups excluding tert-OH is 1. The lowest BCUT2D eigenvalue weighted by atomic mass is 9.65. The van der Waals surface area contributed by atoms with Crippen molar-refractivity contribution in [2.45, 2.75) is 77.1 Å². The maximum absolute atomic E-state index is 13.7. The molecule has 5 rings (SSSR count). The van der Waals surface area contributed by atoms with Gasteiger partial charge in [0.2, 0.25) is 0 Å². The monoisotopic (exact) mass is 537 g/mol. The van der Waals surface area contributed by atoms with Crippen molar-refractivity contribution in [3.05, 3.63) is 53.1 Å². The molecule has 2 aliphatic carbocycles. The Hall–Kier alpha value is -2.84. The molecular formula is C30H35NO6S. The van der Waals surface area contributed by atoms with Crippen LogP contribution in [0.1, 0.15) is 58.4 Å². The molecule has 0 bridgehead atoms. The van der Waals surface area contributed by atoms with Crippen molar-refractivity contribution in [3.63, 3.8) is 0 Å². The van der Waals surface area contributed by atoms with Gasteiger partial charge in [-0.2, -0.15) is 0 Å². The SMILES string of the molecule is C[C@H]1C=C2C=C[C@H](C)[C@H](CC[C@@H]3C[C@@H](O)C(=O)C(=O)O3)[C@H]2[C@@H](OC(=O)C(C)(C)c2nc3ccccc3s2)C1. The van der Waals surface area contributed by atoms with Crippen LogP contribution in [0.2, 0.25) is 0 Å². The van der Waals surface area contributed by atoms with Crippen LogP contribution in [0.5, 0.6) is 0 Å². The Morgan fingerprint density at radius 1 is 1.18 bits per heavy atom. The molecule has 1 aromatic heterocycles. The zero-order valence-electron chi connectivity index (χ0n) is 22.3. The Kier molecular flexibility index (Phi) is 7.31. The van der Waals surface area contributed by atoms with E-state index in [1.807, 2.05) is 38.1 Å². The third kappa shape index (κ3) is 5.08. The van der Waals surface area contributed by atoms with E-state index < -0.39 is 29.4 Å². The molecule has 7 nitrogen and oxygen atoms in total. The number of thiazole rings is 1. The standard InChI is InChI=1S/C30H35NO6S/c1-16-13-18-10-9-17(2)20(12-11-19-15-22(32)26(33)27(34)36-19)25(18)23(14-16)37-29(35)30(3,4)28-31-21-7-5-6-8-24(21)38-28/h5-10,13,16-17,19-20,22-23,25,32H,11-12,14-15H2,1-4H3/t16-,17-,19+,20-,22+,23-,25-/m0/s1. The second kappa shape index (κ2) is 10.4. The third-order valence-corrected chi connectivity index (χ3v) is 9.64. The number of hydrogen-bond donors (Lipinski definition) is 1. The van der Waals surface area contributed by atoms with Crippen molar-refractivity contribution < 1.29 is 29.0 Å². The Labute approximate surface area is 226 Å². The van der Waals surface area contributed by atoms with Gasteiger partial charge < -0.3 is 14.6 Å². The van der Waals surface area contributed by atoms with E-state index in [0.717, 1.165) is 28.1 Å². The Morgan fingerprint density at radius 2 is 1.95 bits per heavy atom. The number of hydrogen-bond acceptors (Lipinski definition) is 8. The molecule has 1 saturated heterocycles. The molecular weight excluding hydrogens is 502 g/mol. The minimum atomic E-state index is -1.30. The third-order valence-electron chi connectivity index (χ3n) is 8.28. The Morgan fingerprint density at radius 3 is 2.68 bits per heavy atom. The second-order valence-electron chi connectivity index (χ2n) is 11.6. The van der Waals surface area contributed by atoms with Crippen molar-refractivity contribution >= 4 is 39.3 Å². The largest absolute Gasteiger partial charge is 0.461 e. The average Bonchev–Trinajstić information content (AvgIpc) is 3.32. The van der Waals surface area contributed by atoms with Crippen LogP contribution in [0, 0.1) is 23.7 Å². The number of benzene rings is 1. The average molecular weight is 538 g/mol. The number of nitrogens with zero attached hydrogens (tertiary/aromatic N) is 1. The predicted molar refractivity (Wildman–Crippen MR) is 144 cm³/mol. The topological polar surface area (TPSA) is 103 Å². The molecule has 2 aromatic rings. The van der Waals surface area contributed by atoms with Crippen LogP contribution in [-0.2, 0) is 29.3 Å². The summed E-state index contributed by atoms with van der Waals surface area (Å²) in [6, 6.07) is 7.88. The summed E-state index contributed by atoms with van der Waals surface area (Å²) in [4.78, 5) is 41.9. The van der Waals surface area contributed by atoms with E-state index >= 15 is 0 Å². The zero-order chi connectivity index (χ0) is 27.2. The maximum atomic E-state index is 13.7. The van der Waals surface area contributed by atoms with Gasteiger partial charge in [-0.3, -0.25) is 9.59 Å². The van der Waals surface area contributed by atoms with Crippen LogP contribution >= 0.6 is 11.3 Å². The summed E-state index contributed by atoms with van der Waals surface area (Å²) in [6.45, 7) is 8.05. The number of aliphatic hydroxyl groups is 1. The molecule has 1 N–H and O–H groups in total. The van der Waals surface area contributed by atoms with Gasteiger partial charge in [-0.1, -0.05) is 44.2 Å². The number of para-hydroxylation sites is 1. The summed E-state index contributed by atoms with van der Waals surface area (Å²) in [5.74, 6) is -1.43. The fourth-order valence-corrected chi connectivity index (χ4v) is 7.09. The smallest absolute Gasteiger partial charge is 0.377 e. The van der Waals surface area contributed by atoms with Gasteiger partial charge in [0.25, 0.3) is 5.78 Å². The van der Waals surface area contributed by atoms with Crippen molar-refractivity contribution in [1.29, 1.82) is 0 Å². The number of fused-ring (bicyclic) bond motifs is 2. The molecule has 38 heavy (non-hydrogen) atoms. The first-order chi connectivity index (χ1) is 18.0. The van der Waals surface area contributed by atoms with Gasteiger partial charge in [0.1, 0.15) is 28.7 Å². The van der Waals surface area contributed by atoms with Crippen molar-refractivity contribution in [3.8, 4) is 0 Å². The first-order valence-electron chi connectivity index (χ1n) is 13.4. The lowest BCUT2D eigenvalue weighted by Gasteiger charge is -2.44. The number of ketones is 1. The van der Waals surface area contributed by atoms with Crippen molar-refractivity contribution in [1.82, 2.24) is 4.98 Å². The highest BCUT2D eigenvalue weighted by atomic mass is 32.1. The number of Topliss-reactive ketones (excluding diaryl/α,β-unsaturated/α-hetero) is 1. The van der Waals surface area contributed by atoms with Crippen LogP contribution < -0.4 is 0 Å². The van der Waals surface area contributed by atoms with Crippen molar-refractivity contribution in [2.75, 3.05) is 0 Å². The fourth-order valence-electron chi connectivity index (χ4n) is 6.04. The number of ether oxygens (including phenoxy) is 2. The second-order valence-corrected chi connectivity index (χ2v) is 12.6. The Bertz CT molecular complexity index is 1280. The summed E-state index contributed by atoms with van der Waals surface area (Å²) in [7, 11) is 0. The number of aromatic nitrogens is 1. The lowest BCUT2D eigenvalue weighted by molar-refractivity contribution is -0.170. The Balaban J connectivity index is 1.35. The first kappa shape index (κ1) is 26.8. The van der Waals surface area contributed by atoms with Crippen LogP contribution in [0.25, 0.3) is 10.2 Å². The van der Waals surface area contributed by atoms with Crippen LogP contribution in [-0.4, -0.2) is 46.1 Å². The molecule has 1 aromatic carbocycles. The van der Waals surface area contributed by atoms with Crippen LogP contribution in [0.4, 0.5) is 0 Å². The van der Waals surface area contributed by atoms with Gasteiger partial charge in [0.05, 0.1) is 10.2 Å². The summed E-state index contributed by atoms with van der Waals surface area (Å²) in [6.07, 6.45) is 6.66. The highest BCUT2D eigenvalue weighted by Gasteiger charge is 2.45. The number of carbonyl (C=O) groups is 3. The minimum Gasteiger partial charge on any atom is -0.461 e. The highest BCUT2D eigenvalue weighted by molar-refractivity contribution is 7.18. The molecule has 3 aliphatic rings. The van der Waals surface area contributed by atoms with Gasteiger partial charge >= 0.3 is 11.9 Å². The molecule has 7 atom stereocenters. The van der Waals surface area contributed by atoms with E-state index in [2.05, 4.69) is 32.1 Å². The zero-order valence-corrected chi connectivity index (χ0v) is 23.1. The van der Waals surface area contributed by atoms with Gasteiger partial charge in [0.15, 0.2) is 0 Å². The lowest BCUT2D eigenvalue weighted by Crippen LogP contribution is -2.44. The van der Waals surface area contributed by atoms with E-state index in [4.69, 9.17) is 14.5 Å². The van der Waals surface area contributed by atoms with E-state index in [1.54, 1.807) is 0 Å². The number of rotatable bonds is 6. The summed E-state index contributed by atoms with van der Waals surface area (Å²) in [5.41, 5.74) is 1.17. The van der Waals surface area contributed by atoms with E-state index in [-0.39, 0.29) is 42.2 Å². The molecule has 0 radical (unpaired) electrons. The van der Waals surface area contributed by atoms with E-state index in [0.29, 0.717) is 6.42 Å². The van der Waals surface area contributed by atoms with E-state index in [9.17, 15) is 19.5 Å².